The Bertz CT molecular complexity index is 1270. The van der Waals surface area contributed by atoms with Gasteiger partial charge >= 0.3 is 0 Å². The third-order valence-electron chi connectivity index (χ3n) is 6.59. The maximum absolute atomic E-state index is 13.0. The van der Waals surface area contributed by atoms with Gasteiger partial charge in [0.1, 0.15) is 12.0 Å². The highest BCUT2D eigenvalue weighted by Gasteiger charge is 2.45. The highest BCUT2D eigenvalue weighted by atomic mass is 16.2. The standard InChI is InChI=1S/C25H29N7O2/c1-14-9-10-18(11-16(14)3)31-22-20(13-26-31)24(34)29-25(28-22)32-21(12-17(4)30-32)27-23(33)19-8-6-5-7-15(19)2/h5-12,20,22,25-26,28H,13H2,1-4H3,(H,27,33)(H,29,34). The first kappa shape index (κ1) is 22.1. The number of hydrazine groups is 1. The summed E-state index contributed by atoms with van der Waals surface area (Å²) in [5, 5.41) is 16.0. The van der Waals surface area contributed by atoms with Crippen LogP contribution in [0.25, 0.3) is 0 Å². The maximum Gasteiger partial charge on any atom is 0.257 e. The number of carbonyl (C=O) groups is 2. The molecule has 3 atom stereocenters. The number of aromatic nitrogens is 2. The van der Waals surface area contributed by atoms with Crippen molar-refractivity contribution in [1.82, 2.24) is 25.8 Å². The van der Waals surface area contributed by atoms with Crippen molar-refractivity contribution >= 4 is 23.3 Å². The van der Waals surface area contributed by atoms with E-state index in [0.29, 0.717) is 17.9 Å². The first-order valence-corrected chi connectivity index (χ1v) is 11.4. The van der Waals surface area contributed by atoms with E-state index >= 15 is 0 Å². The van der Waals surface area contributed by atoms with Gasteiger partial charge in [-0.25, -0.2) is 10.1 Å². The van der Waals surface area contributed by atoms with Gasteiger partial charge in [0, 0.05) is 18.2 Å². The van der Waals surface area contributed by atoms with Crippen molar-refractivity contribution in [3.8, 4) is 0 Å². The second-order valence-electron chi connectivity index (χ2n) is 9.01. The minimum atomic E-state index is -0.622. The third-order valence-corrected chi connectivity index (χ3v) is 6.59. The molecular weight excluding hydrogens is 430 g/mol. The molecule has 2 saturated heterocycles. The Balaban J connectivity index is 1.41. The van der Waals surface area contributed by atoms with Crippen molar-refractivity contribution in [2.75, 3.05) is 16.9 Å². The van der Waals surface area contributed by atoms with Crippen LogP contribution in [0.3, 0.4) is 0 Å². The average Bonchev–Trinajstić information content (AvgIpc) is 3.39. The van der Waals surface area contributed by atoms with Crippen LogP contribution in [0.1, 0.15) is 39.0 Å². The van der Waals surface area contributed by atoms with Crippen LogP contribution in [0.15, 0.2) is 48.5 Å². The van der Waals surface area contributed by atoms with E-state index in [0.717, 1.165) is 16.9 Å². The molecule has 9 nitrogen and oxygen atoms in total. The minimum absolute atomic E-state index is 0.0723. The van der Waals surface area contributed by atoms with Crippen LogP contribution >= 0.6 is 0 Å². The number of anilines is 2. The van der Waals surface area contributed by atoms with Crippen molar-refractivity contribution in [1.29, 1.82) is 0 Å². The lowest BCUT2D eigenvalue weighted by atomic mass is 10.0. The number of hydrogen-bond donors (Lipinski definition) is 4. The molecule has 2 amide bonds. The van der Waals surface area contributed by atoms with Crippen molar-refractivity contribution in [2.45, 2.75) is 40.2 Å². The van der Waals surface area contributed by atoms with Gasteiger partial charge in [-0.05, 0) is 62.6 Å². The van der Waals surface area contributed by atoms with E-state index in [1.165, 1.54) is 11.1 Å². The molecule has 4 N–H and O–H groups in total. The van der Waals surface area contributed by atoms with E-state index in [1.807, 2.05) is 43.1 Å². The Hall–Kier alpha value is -3.69. The Kier molecular flexibility index (Phi) is 5.59. The second kappa shape index (κ2) is 8.58. The van der Waals surface area contributed by atoms with Crippen molar-refractivity contribution < 1.29 is 9.59 Å². The average molecular weight is 460 g/mol. The Morgan fingerprint density at radius 3 is 2.59 bits per heavy atom. The molecule has 2 aliphatic rings. The largest absolute Gasteiger partial charge is 0.321 e. The lowest BCUT2D eigenvalue weighted by Crippen LogP contribution is -2.61. The van der Waals surface area contributed by atoms with Crippen LogP contribution in [0.4, 0.5) is 11.5 Å². The van der Waals surface area contributed by atoms with Gasteiger partial charge < -0.3 is 10.6 Å². The summed E-state index contributed by atoms with van der Waals surface area (Å²) < 4.78 is 1.62. The zero-order chi connectivity index (χ0) is 24.0. The molecule has 3 unspecified atom stereocenters. The number of rotatable bonds is 4. The number of amides is 2. The fraction of sp³-hybridized carbons (Fsp3) is 0.320. The monoisotopic (exact) mass is 459 g/mol. The molecule has 0 bridgehead atoms. The summed E-state index contributed by atoms with van der Waals surface area (Å²) in [6.45, 7) is 8.43. The van der Waals surface area contributed by atoms with Crippen molar-refractivity contribution in [2.24, 2.45) is 5.92 Å². The van der Waals surface area contributed by atoms with E-state index < -0.39 is 6.29 Å². The van der Waals surface area contributed by atoms with Crippen LogP contribution in [0, 0.1) is 33.6 Å². The molecule has 0 spiro atoms. The maximum atomic E-state index is 13.0. The summed E-state index contributed by atoms with van der Waals surface area (Å²) in [5.74, 6) is -0.0549. The summed E-state index contributed by atoms with van der Waals surface area (Å²) >= 11 is 0. The van der Waals surface area contributed by atoms with Gasteiger partial charge in [-0.3, -0.25) is 19.9 Å². The number of hydrogen-bond acceptors (Lipinski definition) is 6. The smallest absolute Gasteiger partial charge is 0.257 e. The summed E-state index contributed by atoms with van der Waals surface area (Å²) in [6, 6.07) is 15.5. The number of nitrogens with zero attached hydrogens (tertiary/aromatic N) is 3. The molecule has 2 aliphatic heterocycles. The van der Waals surface area contributed by atoms with E-state index in [2.05, 4.69) is 52.5 Å². The Morgan fingerprint density at radius 1 is 1.03 bits per heavy atom. The van der Waals surface area contributed by atoms with E-state index in [9.17, 15) is 9.59 Å². The van der Waals surface area contributed by atoms with E-state index in [4.69, 9.17) is 0 Å². The van der Waals surface area contributed by atoms with E-state index in [-0.39, 0.29) is 23.9 Å². The van der Waals surface area contributed by atoms with Gasteiger partial charge in [0.05, 0.1) is 17.3 Å². The molecule has 2 fully saturated rings. The third kappa shape index (κ3) is 3.93. The number of carbonyl (C=O) groups excluding carboxylic acids is 2. The van der Waals surface area contributed by atoms with Crippen LogP contribution in [-0.4, -0.2) is 34.3 Å². The van der Waals surface area contributed by atoms with Crippen LogP contribution in [0.5, 0.6) is 0 Å². The highest BCUT2D eigenvalue weighted by Crippen LogP contribution is 2.29. The number of fused-ring (bicyclic) bond motifs is 1. The normalized spacial score (nSPS) is 21.8. The van der Waals surface area contributed by atoms with Crippen LogP contribution < -0.4 is 26.4 Å². The predicted octanol–water partition coefficient (Wildman–Crippen LogP) is 2.51. The molecule has 0 aliphatic carbocycles. The molecule has 0 radical (unpaired) electrons. The predicted molar refractivity (Wildman–Crippen MR) is 130 cm³/mol. The summed E-state index contributed by atoms with van der Waals surface area (Å²) in [7, 11) is 0. The minimum Gasteiger partial charge on any atom is -0.321 e. The Labute approximate surface area is 198 Å². The fourth-order valence-electron chi connectivity index (χ4n) is 4.54. The van der Waals surface area contributed by atoms with Gasteiger partial charge in [0.25, 0.3) is 5.91 Å². The number of nitrogens with one attached hydrogen (secondary N) is 4. The summed E-state index contributed by atoms with van der Waals surface area (Å²) in [5.41, 5.74) is 8.95. The molecule has 34 heavy (non-hydrogen) atoms. The van der Waals surface area contributed by atoms with E-state index in [1.54, 1.807) is 16.8 Å². The van der Waals surface area contributed by atoms with Crippen LogP contribution in [-0.2, 0) is 4.79 Å². The van der Waals surface area contributed by atoms with Gasteiger partial charge in [0.15, 0.2) is 6.29 Å². The second-order valence-corrected chi connectivity index (χ2v) is 9.01. The zero-order valence-electron chi connectivity index (χ0n) is 19.7. The fourth-order valence-corrected chi connectivity index (χ4v) is 4.54. The summed E-state index contributed by atoms with van der Waals surface area (Å²) in [6.07, 6.45) is -0.895. The molecule has 2 aromatic carbocycles. The van der Waals surface area contributed by atoms with Gasteiger partial charge in [-0.15, -0.1) is 0 Å². The number of aryl methyl sites for hydroxylation is 4. The quantitative estimate of drug-likeness (QED) is 0.478. The summed E-state index contributed by atoms with van der Waals surface area (Å²) in [4.78, 5) is 26.0. The molecule has 3 heterocycles. The van der Waals surface area contributed by atoms with Crippen molar-refractivity contribution in [3.63, 3.8) is 0 Å². The number of benzene rings is 2. The molecular formula is C25H29N7O2. The Morgan fingerprint density at radius 2 is 1.82 bits per heavy atom. The van der Waals surface area contributed by atoms with Gasteiger partial charge in [-0.2, -0.15) is 5.10 Å². The van der Waals surface area contributed by atoms with Gasteiger partial charge in [0.2, 0.25) is 5.91 Å². The highest BCUT2D eigenvalue weighted by molar-refractivity contribution is 6.04. The lowest BCUT2D eigenvalue weighted by molar-refractivity contribution is -0.129. The van der Waals surface area contributed by atoms with Crippen LogP contribution in [0.2, 0.25) is 0 Å². The topological polar surface area (TPSA) is 103 Å². The van der Waals surface area contributed by atoms with Gasteiger partial charge in [-0.1, -0.05) is 24.3 Å². The lowest BCUT2D eigenvalue weighted by Gasteiger charge is -2.37. The first-order chi connectivity index (χ1) is 16.3. The zero-order valence-corrected chi connectivity index (χ0v) is 19.7. The molecule has 9 heteroatoms. The molecule has 176 valence electrons. The van der Waals surface area contributed by atoms with Crippen molar-refractivity contribution in [3.05, 3.63) is 76.5 Å². The SMILES string of the molecule is Cc1cc(NC(=O)c2ccccc2C)n(C2NC(=O)C3CNN(c4ccc(C)c(C)c4)C3N2)n1. The molecule has 5 rings (SSSR count). The molecule has 1 aromatic heterocycles. The first-order valence-electron chi connectivity index (χ1n) is 11.4. The molecule has 0 saturated carbocycles. The molecule has 3 aromatic rings.